The average molecular weight is 375 g/mol. The number of thiazole rings is 1. The number of hydrogen-bond acceptors (Lipinski definition) is 5. The van der Waals surface area contributed by atoms with Crippen molar-refractivity contribution in [2.45, 2.75) is 33.0 Å². The van der Waals surface area contributed by atoms with Crippen LogP contribution >= 0.6 is 11.3 Å². The highest BCUT2D eigenvalue weighted by atomic mass is 32.1. The van der Waals surface area contributed by atoms with Crippen LogP contribution in [0.15, 0.2) is 29.6 Å². The van der Waals surface area contributed by atoms with Gasteiger partial charge in [0, 0.05) is 37.3 Å². The van der Waals surface area contributed by atoms with Crippen molar-refractivity contribution in [1.82, 2.24) is 20.5 Å². The van der Waals surface area contributed by atoms with Crippen LogP contribution in [0.25, 0.3) is 0 Å². The first-order chi connectivity index (χ1) is 12.6. The minimum Gasteiger partial charge on any atom is -0.379 e. The van der Waals surface area contributed by atoms with Gasteiger partial charge in [-0.3, -0.25) is 4.90 Å². The van der Waals surface area contributed by atoms with Gasteiger partial charge < -0.3 is 15.4 Å². The van der Waals surface area contributed by atoms with E-state index in [1.54, 1.807) is 11.3 Å². The van der Waals surface area contributed by atoms with Crippen LogP contribution in [0.3, 0.4) is 0 Å². The van der Waals surface area contributed by atoms with Crippen LogP contribution in [0.2, 0.25) is 0 Å². The number of benzene rings is 1. The lowest BCUT2D eigenvalue weighted by atomic mass is 10.1. The third kappa shape index (κ3) is 5.27. The van der Waals surface area contributed by atoms with Gasteiger partial charge in [0.1, 0.15) is 5.01 Å². The SMILES string of the molecule is Cc1csc(C(C)NC(=O)NCc2ccccc2CN2CCOCC2)n1. The topological polar surface area (TPSA) is 66.5 Å². The van der Waals surface area contributed by atoms with E-state index in [1.165, 1.54) is 5.56 Å². The molecule has 2 amide bonds. The van der Waals surface area contributed by atoms with Gasteiger partial charge in [-0.2, -0.15) is 0 Å². The van der Waals surface area contributed by atoms with Crippen molar-refractivity contribution in [1.29, 1.82) is 0 Å². The monoisotopic (exact) mass is 374 g/mol. The van der Waals surface area contributed by atoms with Crippen molar-refractivity contribution in [2.24, 2.45) is 0 Å². The minimum atomic E-state index is -0.175. The summed E-state index contributed by atoms with van der Waals surface area (Å²) >= 11 is 1.57. The number of carbonyl (C=O) groups is 1. The molecule has 1 aliphatic rings. The van der Waals surface area contributed by atoms with Gasteiger partial charge in [-0.15, -0.1) is 11.3 Å². The average Bonchev–Trinajstić information content (AvgIpc) is 3.08. The number of urea groups is 1. The first kappa shape index (κ1) is 18.8. The summed E-state index contributed by atoms with van der Waals surface area (Å²) in [6, 6.07) is 7.99. The van der Waals surface area contributed by atoms with E-state index in [2.05, 4.69) is 32.7 Å². The quantitative estimate of drug-likeness (QED) is 0.816. The Kier molecular flexibility index (Phi) is 6.60. The molecule has 1 fully saturated rings. The standard InChI is InChI=1S/C19H26N4O2S/c1-14-13-26-18(21-14)15(2)22-19(24)20-11-16-5-3-4-6-17(16)12-23-7-9-25-10-8-23/h3-6,13,15H,7-12H2,1-2H3,(H2,20,22,24). The second-order valence-electron chi connectivity index (χ2n) is 6.53. The highest BCUT2D eigenvalue weighted by molar-refractivity contribution is 7.09. The van der Waals surface area contributed by atoms with Crippen LogP contribution in [0.1, 0.15) is 34.8 Å². The smallest absolute Gasteiger partial charge is 0.315 e. The fourth-order valence-electron chi connectivity index (χ4n) is 2.94. The summed E-state index contributed by atoms with van der Waals surface area (Å²) in [6.45, 7) is 8.78. The molecule has 1 unspecified atom stereocenters. The molecule has 1 aliphatic heterocycles. The summed E-state index contributed by atoms with van der Waals surface area (Å²) in [5.41, 5.74) is 3.38. The van der Waals surface area contributed by atoms with Gasteiger partial charge in [-0.1, -0.05) is 24.3 Å². The van der Waals surface area contributed by atoms with E-state index in [0.717, 1.165) is 49.1 Å². The van der Waals surface area contributed by atoms with E-state index in [4.69, 9.17) is 4.74 Å². The maximum absolute atomic E-state index is 12.2. The Balaban J connectivity index is 1.53. The molecule has 26 heavy (non-hydrogen) atoms. The van der Waals surface area contributed by atoms with Crippen LogP contribution in [0, 0.1) is 6.92 Å². The molecule has 3 rings (SSSR count). The minimum absolute atomic E-state index is 0.0997. The van der Waals surface area contributed by atoms with E-state index in [-0.39, 0.29) is 12.1 Å². The van der Waals surface area contributed by atoms with Crippen molar-refractivity contribution >= 4 is 17.4 Å². The van der Waals surface area contributed by atoms with Crippen molar-refractivity contribution in [3.8, 4) is 0 Å². The third-order valence-corrected chi connectivity index (χ3v) is 5.56. The summed E-state index contributed by atoms with van der Waals surface area (Å²) in [7, 11) is 0. The normalized spacial score (nSPS) is 16.2. The fraction of sp³-hybridized carbons (Fsp3) is 0.474. The second-order valence-corrected chi connectivity index (χ2v) is 7.42. The van der Waals surface area contributed by atoms with Crippen LogP contribution in [0.4, 0.5) is 4.79 Å². The largest absolute Gasteiger partial charge is 0.379 e. The molecule has 2 N–H and O–H groups in total. The molecule has 7 heteroatoms. The number of amides is 2. The van der Waals surface area contributed by atoms with E-state index in [9.17, 15) is 4.79 Å². The fourth-order valence-corrected chi connectivity index (χ4v) is 3.74. The van der Waals surface area contributed by atoms with Gasteiger partial charge in [-0.05, 0) is 25.0 Å². The molecule has 2 heterocycles. The number of carbonyl (C=O) groups excluding carboxylic acids is 1. The number of nitrogens with zero attached hydrogens (tertiary/aromatic N) is 2. The molecule has 0 saturated carbocycles. The number of hydrogen-bond donors (Lipinski definition) is 2. The zero-order valence-electron chi connectivity index (χ0n) is 15.3. The van der Waals surface area contributed by atoms with E-state index >= 15 is 0 Å². The number of aryl methyl sites for hydroxylation is 1. The highest BCUT2D eigenvalue weighted by Crippen LogP contribution is 2.17. The summed E-state index contributed by atoms with van der Waals surface area (Å²) in [4.78, 5) is 19.0. The van der Waals surface area contributed by atoms with Gasteiger partial charge in [0.2, 0.25) is 0 Å². The Bertz CT molecular complexity index is 728. The zero-order valence-corrected chi connectivity index (χ0v) is 16.1. The molecular weight excluding hydrogens is 348 g/mol. The Morgan fingerprint density at radius 3 is 2.73 bits per heavy atom. The molecule has 0 bridgehead atoms. The predicted molar refractivity (Wildman–Crippen MR) is 103 cm³/mol. The van der Waals surface area contributed by atoms with Crippen molar-refractivity contribution in [2.75, 3.05) is 26.3 Å². The van der Waals surface area contributed by atoms with Gasteiger partial charge in [0.25, 0.3) is 0 Å². The maximum atomic E-state index is 12.2. The third-order valence-electron chi connectivity index (χ3n) is 4.41. The van der Waals surface area contributed by atoms with Gasteiger partial charge >= 0.3 is 6.03 Å². The Morgan fingerprint density at radius 1 is 1.31 bits per heavy atom. The molecule has 1 aromatic carbocycles. The number of rotatable bonds is 6. The molecule has 0 spiro atoms. The van der Waals surface area contributed by atoms with Crippen molar-refractivity contribution < 1.29 is 9.53 Å². The zero-order chi connectivity index (χ0) is 18.4. The summed E-state index contributed by atoms with van der Waals surface area (Å²) in [5.74, 6) is 0. The number of morpholine rings is 1. The van der Waals surface area contributed by atoms with Gasteiger partial charge in [0.05, 0.1) is 19.3 Å². The molecule has 6 nitrogen and oxygen atoms in total. The molecule has 1 atom stereocenters. The van der Waals surface area contributed by atoms with E-state index < -0.39 is 0 Å². The molecule has 2 aromatic rings. The van der Waals surface area contributed by atoms with E-state index in [1.807, 2.05) is 31.4 Å². The highest BCUT2D eigenvalue weighted by Gasteiger charge is 2.15. The van der Waals surface area contributed by atoms with Crippen LogP contribution in [0.5, 0.6) is 0 Å². The first-order valence-corrected chi connectivity index (χ1v) is 9.83. The predicted octanol–water partition coefficient (Wildman–Crippen LogP) is 2.84. The molecular formula is C19H26N4O2S. The van der Waals surface area contributed by atoms with Crippen LogP contribution in [-0.2, 0) is 17.8 Å². The second kappa shape index (κ2) is 9.12. The molecule has 0 radical (unpaired) electrons. The first-order valence-electron chi connectivity index (χ1n) is 8.95. The van der Waals surface area contributed by atoms with Crippen molar-refractivity contribution in [3.05, 3.63) is 51.5 Å². The molecule has 0 aliphatic carbocycles. The lowest BCUT2D eigenvalue weighted by Crippen LogP contribution is -2.37. The summed E-state index contributed by atoms with van der Waals surface area (Å²) in [5, 5.41) is 8.83. The Labute approximate surface area is 158 Å². The van der Waals surface area contributed by atoms with Crippen LogP contribution < -0.4 is 10.6 Å². The lowest BCUT2D eigenvalue weighted by molar-refractivity contribution is 0.0341. The van der Waals surface area contributed by atoms with Gasteiger partial charge in [-0.25, -0.2) is 9.78 Å². The lowest BCUT2D eigenvalue weighted by Gasteiger charge is -2.27. The Morgan fingerprint density at radius 2 is 2.04 bits per heavy atom. The number of nitrogens with one attached hydrogen (secondary N) is 2. The maximum Gasteiger partial charge on any atom is 0.315 e. The molecule has 1 aromatic heterocycles. The molecule has 140 valence electrons. The number of ether oxygens (including phenoxy) is 1. The van der Waals surface area contributed by atoms with Crippen molar-refractivity contribution in [3.63, 3.8) is 0 Å². The van der Waals surface area contributed by atoms with Gasteiger partial charge in [0.15, 0.2) is 0 Å². The Hall–Kier alpha value is -1.96. The van der Waals surface area contributed by atoms with Crippen LogP contribution in [-0.4, -0.2) is 42.2 Å². The molecule has 1 saturated heterocycles. The summed E-state index contributed by atoms with van der Waals surface area (Å²) in [6.07, 6.45) is 0. The summed E-state index contributed by atoms with van der Waals surface area (Å²) < 4.78 is 5.41. The van der Waals surface area contributed by atoms with E-state index in [0.29, 0.717) is 6.54 Å². The number of aromatic nitrogens is 1.